The molecule has 188 valence electrons. The van der Waals surface area contributed by atoms with Gasteiger partial charge < -0.3 is 0 Å². The lowest BCUT2D eigenvalue weighted by Crippen LogP contribution is -2.14. The zero-order valence-corrected chi connectivity index (χ0v) is 22.6. The Bertz CT molecular complexity index is 1520. The first-order valence-corrected chi connectivity index (χ1v) is 12.8. The molecule has 5 nitrogen and oxygen atoms in total. The van der Waals surface area contributed by atoms with Crippen molar-refractivity contribution in [3.8, 4) is 22.5 Å². The van der Waals surface area contributed by atoms with Crippen molar-refractivity contribution in [1.29, 1.82) is 0 Å². The van der Waals surface area contributed by atoms with Gasteiger partial charge in [0.05, 0.1) is 11.4 Å². The summed E-state index contributed by atoms with van der Waals surface area (Å²) in [5, 5.41) is 14.4. The van der Waals surface area contributed by atoms with Gasteiger partial charge >= 0.3 is 0 Å². The number of nitrogens with one attached hydrogen (secondary N) is 2. The van der Waals surface area contributed by atoms with E-state index in [2.05, 4.69) is 20.4 Å². The van der Waals surface area contributed by atoms with Gasteiger partial charge in [-0.3, -0.25) is 9.89 Å². The average molecular weight is 529 g/mol. The van der Waals surface area contributed by atoms with Crippen molar-refractivity contribution in [3.63, 3.8) is 0 Å². The van der Waals surface area contributed by atoms with Gasteiger partial charge in [0, 0.05) is 28.1 Å². The van der Waals surface area contributed by atoms with E-state index < -0.39 is 0 Å². The van der Waals surface area contributed by atoms with Gasteiger partial charge in [-0.1, -0.05) is 110 Å². The highest BCUT2D eigenvalue weighted by atomic mass is 35.5. The van der Waals surface area contributed by atoms with Crippen LogP contribution in [0.2, 0.25) is 5.02 Å². The Kier molecular flexibility index (Phi) is 10.5. The number of halogens is 1. The largest absolute Gasteiger partial charge is 0.268 e. The average Bonchev–Trinajstić information content (AvgIpc) is 2.94. The van der Waals surface area contributed by atoms with Crippen molar-refractivity contribution in [1.82, 2.24) is 20.4 Å². The number of aryl methyl sites for hydroxylation is 1. The lowest BCUT2D eigenvalue weighted by molar-refractivity contribution is 0.955. The summed E-state index contributed by atoms with van der Waals surface area (Å²) in [6.07, 6.45) is 0.610. The molecule has 7 heteroatoms. The number of nitrogens with zero attached hydrogens (tertiary/aromatic N) is 2. The smallest absolute Gasteiger partial charge is 0.267 e. The van der Waals surface area contributed by atoms with Gasteiger partial charge in [-0.25, -0.2) is 5.10 Å². The predicted molar refractivity (Wildman–Crippen MR) is 155 cm³/mol. The molecule has 0 saturated heterocycles. The van der Waals surface area contributed by atoms with Gasteiger partial charge in [0.1, 0.15) is 4.64 Å². The molecule has 3 aromatic carbocycles. The molecule has 0 aliphatic heterocycles. The molecule has 5 rings (SSSR count). The van der Waals surface area contributed by atoms with E-state index in [0.29, 0.717) is 11.1 Å². The van der Waals surface area contributed by atoms with Crippen molar-refractivity contribution < 1.29 is 0 Å². The summed E-state index contributed by atoms with van der Waals surface area (Å²) in [6.45, 7) is 5.96. The Balaban J connectivity index is 0.000000200. The van der Waals surface area contributed by atoms with Crippen LogP contribution in [-0.2, 0) is 6.42 Å². The van der Waals surface area contributed by atoms with E-state index in [1.165, 1.54) is 0 Å². The molecular formula is C30H29ClN4OS. The summed E-state index contributed by atoms with van der Waals surface area (Å²) < 4.78 is 0.674. The second kappa shape index (κ2) is 14.0. The van der Waals surface area contributed by atoms with E-state index in [4.69, 9.17) is 23.8 Å². The van der Waals surface area contributed by atoms with E-state index in [1.807, 2.05) is 118 Å². The van der Waals surface area contributed by atoms with E-state index >= 15 is 0 Å². The number of benzene rings is 3. The van der Waals surface area contributed by atoms with Gasteiger partial charge in [-0.2, -0.15) is 10.2 Å². The maximum atomic E-state index is 11.9. The van der Waals surface area contributed by atoms with Gasteiger partial charge in [0.25, 0.3) is 5.56 Å². The lowest BCUT2D eigenvalue weighted by atomic mass is 10.0. The minimum atomic E-state index is -0.131. The van der Waals surface area contributed by atoms with Gasteiger partial charge in [-0.15, -0.1) is 0 Å². The van der Waals surface area contributed by atoms with Gasteiger partial charge in [0.2, 0.25) is 0 Å². The first-order valence-electron chi connectivity index (χ1n) is 12.0. The fourth-order valence-corrected chi connectivity index (χ4v) is 3.65. The van der Waals surface area contributed by atoms with Gasteiger partial charge in [0.15, 0.2) is 0 Å². The molecule has 0 bridgehead atoms. The Morgan fingerprint density at radius 2 is 1.30 bits per heavy atom. The third kappa shape index (κ3) is 8.07. The van der Waals surface area contributed by atoms with Crippen LogP contribution in [0.15, 0.2) is 102 Å². The Morgan fingerprint density at radius 1 is 0.757 bits per heavy atom. The lowest BCUT2D eigenvalue weighted by Gasteiger charge is -2.04. The summed E-state index contributed by atoms with van der Waals surface area (Å²) in [5.74, 6) is 0. The minimum absolute atomic E-state index is 0.131. The number of H-pyrrole nitrogens is 2. The van der Waals surface area contributed by atoms with Crippen LogP contribution in [0.5, 0.6) is 0 Å². The molecular weight excluding hydrogens is 500 g/mol. The summed E-state index contributed by atoms with van der Waals surface area (Å²) in [7, 11) is 0. The Morgan fingerprint density at radius 3 is 1.92 bits per heavy atom. The van der Waals surface area contributed by atoms with Crippen molar-refractivity contribution in [3.05, 3.63) is 134 Å². The molecule has 0 unspecified atom stereocenters. The Labute approximate surface area is 227 Å². The molecule has 0 aliphatic rings. The molecule has 0 fully saturated rings. The molecule has 0 aliphatic carbocycles. The van der Waals surface area contributed by atoms with Crippen LogP contribution in [0.3, 0.4) is 0 Å². The van der Waals surface area contributed by atoms with Crippen molar-refractivity contribution >= 4 is 23.8 Å². The van der Waals surface area contributed by atoms with Crippen molar-refractivity contribution in [2.45, 2.75) is 27.2 Å². The third-order valence-corrected chi connectivity index (χ3v) is 5.98. The fraction of sp³-hybridized carbons (Fsp3) is 0.133. The normalized spacial score (nSPS) is 9.95. The maximum Gasteiger partial charge on any atom is 0.267 e. The summed E-state index contributed by atoms with van der Waals surface area (Å²) in [6, 6.07) is 31.2. The fourth-order valence-electron chi connectivity index (χ4n) is 3.42. The van der Waals surface area contributed by atoms with E-state index in [9.17, 15) is 4.79 Å². The molecule has 5 aromatic rings. The minimum Gasteiger partial charge on any atom is -0.268 e. The molecule has 37 heavy (non-hydrogen) atoms. The standard InChI is InChI=1S/C17H14N2O.C11H9ClN2S.C2H6/c20-17-15(11-13-7-3-1-4-8-13)12-16(18-19-17)14-9-5-2-6-10-14;1-7-6-10(13-14-11(7)15)8-2-4-9(12)5-3-8;1-2/h1-10,12H,11H2,(H,19,20);2-6H,1H3,(H,14,15);1-2H3. The maximum absolute atomic E-state index is 11.9. The monoisotopic (exact) mass is 528 g/mol. The first kappa shape index (κ1) is 27.7. The highest BCUT2D eigenvalue weighted by molar-refractivity contribution is 7.71. The molecule has 2 aromatic heterocycles. The predicted octanol–water partition coefficient (Wildman–Crippen LogP) is 7.82. The van der Waals surface area contributed by atoms with Crippen molar-refractivity contribution in [2.75, 3.05) is 0 Å². The zero-order chi connectivity index (χ0) is 26.6. The SMILES string of the molecule is CC.Cc1cc(-c2ccc(Cl)cc2)n[nH]c1=S.O=c1[nH]nc(-c2ccccc2)cc1Cc1ccccc1. The molecule has 0 amide bonds. The number of hydrogen-bond donors (Lipinski definition) is 2. The number of aromatic amines is 2. The summed E-state index contributed by atoms with van der Waals surface area (Å²) in [4.78, 5) is 11.9. The zero-order valence-electron chi connectivity index (χ0n) is 21.0. The molecule has 2 heterocycles. The molecule has 0 radical (unpaired) electrons. The molecule has 2 N–H and O–H groups in total. The van der Waals surface area contributed by atoms with E-state index in [0.717, 1.165) is 44.2 Å². The van der Waals surface area contributed by atoms with Crippen LogP contribution in [0.25, 0.3) is 22.5 Å². The number of hydrogen-bond acceptors (Lipinski definition) is 4. The van der Waals surface area contributed by atoms with E-state index in [1.54, 1.807) is 0 Å². The summed E-state index contributed by atoms with van der Waals surface area (Å²) >= 11 is 10.9. The van der Waals surface area contributed by atoms with Crippen LogP contribution in [0, 0.1) is 11.6 Å². The van der Waals surface area contributed by atoms with Crippen LogP contribution in [0.4, 0.5) is 0 Å². The highest BCUT2D eigenvalue weighted by Gasteiger charge is 2.06. The quantitative estimate of drug-likeness (QED) is 0.233. The Hall–Kier alpha value is -3.87. The van der Waals surface area contributed by atoms with Crippen LogP contribution >= 0.6 is 23.8 Å². The second-order valence-corrected chi connectivity index (χ2v) is 8.75. The van der Waals surface area contributed by atoms with Gasteiger partial charge in [-0.05, 0) is 42.3 Å². The van der Waals surface area contributed by atoms with Crippen LogP contribution in [0.1, 0.15) is 30.5 Å². The highest BCUT2D eigenvalue weighted by Crippen LogP contribution is 2.20. The van der Waals surface area contributed by atoms with Crippen LogP contribution in [-0.4, -0.2) is 20.4 Å². The van der Waals surface area contributed by atoms with Crippen molar-refractivity contribution in [2.24, 2.45) is 0 Å². The molecule has 0 atom stereocenters. The number of rotatable bonds is 4. The molecule has 0 spiro atoms. The van der Waals surface area contributed by atoms with E-state index in [-0.39, 0.29) is 5.56 Å². The molecule has 0 saturated carbocycles. The summed E-state index contributed by atoms with van der Waals surface area (Å²) in [5.41, 5.74) is 6.41. The second-order valence-electron chi connectivity index (χ2n) is 7.91. The first-order chi connectivity index (χ1) is 18.0. The number of aromatic nitrogens is 4. The topological polar surface area (TPSA) is 74.4 Å². The third-order valence-electron chi connectivity index (χ3n) is 5.32. The van der Waals surface area contributed by atoms with Crippen LogP contribution < -0.4 is 5.56 Å².